The van der Waals surface area contributed by atoms with Crippen LogP contribution in [-0.4, -0.2) is 38.2 Å². The number of ether oxygens (including phenoxy) is 3. The summed E-state index contributed by atoms with van der Waals surface area (Å²) in [4.78, 5) is 14.5. The highest BCUT2D eigenvalue weighted by molar-refractivity contribution is 6.31. The van der Waals surface area contributed by atoms with Crippen molar-refractivity contribution in [1.82, 2.24) is 4.90 Å². The zero-order chi connectivity index (χ0) is 20.4. The number of hydrogen-bond donors (Lipinski definition) is 0. The van der Waals surface area contributed by atoms with Gasteiger partial charge in [0.05, 0.1) is 33.6 Å². The molecule has 0 unspecified atom stereocenters. The van der Waals surface area contributed by atoms with Crippen LogP contribution >= 0.6 is 11.6 Å². The number of nitrogens with zero attached hydrogens (tertiary/aromatic N) is 1. The highest BCUT2D eigenvalue weighted by Gasteiger charge is 2.25. The quantitative estimate of drug-likeness (QED) is 0.623. The van der Waals surface area contributed by atoms with E-state index in [1.165, 1.54) is 6.26 Å². The van der Waals surface area contributed by atoms with Crippen LogP contribution in [0.3, 0.4) is 0 Å². The molecule has 29 heavy (non-hydrogen) atoms. The number of hydrogen-bond acceptors (Lipinski definition) is 5. The average Bonchev–Trinajstić information content (AvgIpc) is 3.19. The van der Waals surface area contributed by atoms with Crippen molar-refractivity contribution in [2.24, 2.45) is 0 Å². The zero-order valence-electron chi connectivity index (χ0n) is 16.1. The average molecular weight is 414 g/mol. The van der Waals surface area contributed by atoms with Gasteiger partial charge < -0.3 is 23.5 Å². The SMILES string of the molecule is COc1ccc(Cl)cc1-c1cc2c(c(OC)c1)OCCN(C(=O)c1ccco1)C2. The lowest BCUT2D eigenvalue weighted by atomic mass is 10.0. The monoisotopic (exact) mass is 413 g/mol. The number of rotatable bonds is 4. The number of furan rings is 1. The molecule has 1 aromatic heterocycles. The molecule has 0 saturated carbocycles. The number of amides is 1. The summed E-state index contributed by atoms with van der Waals surface area (Å²) in [6, 6.07) is 12.6. The van der Waals surface area contributed by atoms with Crippen molar-refractivity contribution < 1.29 is 23.4 Å². The first-order chi connectivity index (χ1) is 14.1. The predicted molar refractivity (Wildman–Crippen MR) is 109 cm³/mol. The standard InChI is InChI=1S/C22H20ClNO5/c1-26-18-6-5-16(23)12-17(18)14-10-15-13-24(22(25)19-4-3-8-28-19)7-9-29-21(15)20(11-14)27-2/h3-6,8,10-12H,7,9,13H2,1-2H3. The minimum Gasteiger partial charge on any atom is -0.496 e. The number of fused-ring (bicyclic) bond motifs is 1. The van der Waals surface area contributed by atoms with Gasteiger partial charge in [-0.05, 0) is 48.0 Å². The van der Waals surface area contributed by atoms with E-state index in [-0.39, 0.29) is 5.91 Å². The Morgan fingerprint density at radius 2 is 1.93 bits per heavy atom. The summed E-state index contributed by atoms with van der Waals surface area (Å²) in [6.07, 6.45) is 1.49. The zero-order valence-corrected chi connectivity index (χ0v) is 16.9. The summed E-state index contributed by atoms with van der Waals surface area (Å²) >= 11 is 6.21. The lowest BCUT2D eigenvalue weighted by molar-refractivity contribution is 0.0701. The van der Waals surface area contributed by atoms with Gasteiger partial charge in [0.25, 0.3) is 5.91 Å². The predicted octanol–water partition coefficient (Wildman–Crippen LogP) is 4.65. The third-order valence-electron chi connectivity index (χ3n) is 4.81. The van der Waals surface area contributed by atoms with Gasteiger partial charge in [-0.1, -0.05) is 11.6 Å². The van der Waals surface area contributed by atoms with E-state index in [4.69, 9.17) is 30.2 Å². The Bertz CT molecular complexity index is 1030. The van der Waals surface area contributed by atoms with Crippen LogP contribution in [0.4, 0.5) is 0 Å². The molecule has 0 saturated heterocycles. The second-order valence-corrected chi connectivity index (χ2v) is 7.00. The highest BCUT2D eigenvalue weighted by atomic mass is 35.5. The van der Waals surface area contributed by atoms with Gasteiger partial charge in [-0.2, -0.15) is 0 Å². The number of carbonyl (C=O) groups is 1. The molecule has 2 aromatic carbocycles. The molecule has 0 fully saturated rings. The number of carbonyl (C=O) groups excluding carboxylic acids is 1. The second kappa shape index (κ2) is 8.09. The summed E-state index contributed by atoms with van der Waals surface area (Å²) < 4.78 is 22.3. The first kappa shape index (κ1) is 19.2. The van der Waals surface area contributed by atoms with E-state index in [0.717, 1.165) is 16.7 Å². The van der Waals surface area contributed by atoms with E-state index in [1.54, 1.807) is 37.3 Å². The summed E-state index contributed by atoms with van der Waals surface area (Å²) in [5.74, 6) is 2.03. The van der Waals surface area contributed by atoms with Crippen LogP contribution in [0.2, 0.25) is 5.02 Å². The fourth-order valence-electron chi connectivity index (χ4n) is 3.43. The van der Waals surface area contributed by atoms with Crippen molar-refractivity contribution in [2.75, 3.05) is 27.4 Å². The molecule has 7 heteroatoms. The van der Waals surface area contributed by atoms with Gasteiger partial charge in [0.2, 0.25) is 0 Å². The minimum absolute atomic E-state index is 0.184. The summed E-state index contributed by atoms with van der Waals surface area (Å²) in [7, 11) is 3.20. The molecule has 4 rings (SSSR count). The lowest BCUT2D eigenvalue weighted by Gasteiger charge is -2.19. The lowest BCUT2D eigenvalue weighted by Crippen LogP contribution is -2.32. The molecule has 0 radical (unpaired) electrons. The van der Waals surface area contributed by atoms with Crippen molar-refractivity contribution >= 4 is 17.5 Å². The van der Waals surface area contributed by atoms with Crippen LogP contribution < -0.4 is 14.2 Å². The smallest absolute Gasteiger partial charge is 0.289 e. The van der Waals surface area contributed by atoms with E-state index in [0.29, 0.717) is 47.7 Å². The van der Waals surface area contributed by atoms with Crippen molar-refractivity contribution in [3.8, 4) is 28.4 Å². The molecule has 0 atom stereocenters. The Labute approximate surface area is 173 Å². The van der Waals surface area contributed by atoms with Gasteiger partial charge in [-0.15, -0.1) is 0 Å². The molecule has 150 valence electrons. The molecule has 1 amide bonds. The molecule has 1 aliphatic rings. The van der Waals surface area contributed by atoms with Crippen LogP contribution in [0.15, 0.2) is 53.1 Å². The van der Waals surface area contributed by atoms with Gasteiger partial charge in [-0.3, -0.25) is 4.79 Å². The van der Waals surface area contributed by atoms with Crippen molar-refractivity contribution in [1.29, 1.82) is 0 Å². The number of benzene rings is 2. The van der Waals surface area contributed by atoms with Crippen LogP contribution in [0.5, 0.6) is 17.2 Å². The molecule has 6 nitrogen and oxygen atoms in total. The highest BCUT2D eigenvalue weighted by Crippen LogP contribution is 2.41. The molecular formula is C22H20ClNO5. The Morgan fingerprint density at radius 1 is 1.10 bits per heavy atom. The maximum Gasteiger partial charge on any atom is 0.289 e. The molecule has 0 bridgehead atoms. The normalized spacial score (nSPS) is 13.3. The molecule has 0 spiro atoms. The Hall–Kier alpha value is -3.12. The minimum atomic E-state index is -0.184. The van der Waals surface area contributed by atoms with Gasteiger partial charge in [0.15, 0.2) is 17.3 Å². The molecule has 0 N–H and O–H groups in total. The van der Waals surface area contributed by atoms with E-state index in [9.17, 15) is 4.79 Å². The fraction of sp³-hybridized carbons (Fsp3) is 0.227. The van der Waals surface area contributed by atoms with E-state index < -0.39 is 0 Å². The number of halogens is 1. The van der Waals surface area contributed by atoms with Gasteiger partial charge in [0.1, 0.15) is 12.4 Å². The summed E-state index contributed by atoms with van der Waals surface area (Å²) in [5.41, 5.74) is 2.52. The first-order valence-electron chi connectivity index (χ1n) is 9.11. The van der Waals surface area contributed by atoms with Gasteiger partial charge in [-0.25, -0.2) is 0 Å². The second-order valence-electron chi connectivity index (χ2n) is 6.56. The molecular weight excluding hydrogens is 394 g/mol. The van der Waals surface area contributed by atoms with E-state index in [2.05, 4.69) is 0 Å². The fourth-order valence-corrected chi connectivity index (χ4v) is 3.60. The summed E-state index contributed by atoms with van der Waals surface area (Å²) in [5, 5.41) is 0.598. The van der Waals surface area contributed by atoms with E-state index in [1.807, 2.05) is 24.3 Å². The number of methoxy groups -OCH3 is 2. The molecule has 1 aliphatic heterocycles. The van der Waals surface area contributed by atoms with E-state index >= 15 is 0 Å². The van der Waals surface area contributed by atoms with Crippen LogP contribution in [0.1, 0.15) is 16.1 Å². The van der Waals surface area contributed by atoms with Crippen LogP contribution in [0, 0.1) is 0 Å². The van der Waals surface area contributed by atoms with Gasteiger partial charge in [0, 0.05) is 16.1 Å². The molecule has 2 heterocycles. The molecule has 0 aliphatic carbocycles. The van der Waals surface area contributed by atoms with Crippen molar-refractivity contribution in [2.45, 2.75) is 6.54 Å². The third-order valence-corrected chi connectivity index (χ3v) is 5.05. The topological polar surface area (TPSA) is 61.1 Å². The summed E-state index contributed by atoms with van der Waals surface area (Å²) in [6.45, 7) is 1.16. The van der Waals surface area contributed by atoms with Crippen molar-refractivity contribution in [3.05, 3.63) is 65.1 Å². The maximum absolute atomic E-state index is 12.8. The Morgan fingerprint density at radius 3 is 2.66 bits per heavy atom. The Balaban J connectivity index is 1.77. The Kier molecular flexibility index (Phi) is 5.36. The third kappa shape index (κ3) is 3.76. The first-order valence-corrected chi connectivity index (χ1v) is 9.49. The van der Waals surface area contributed by atoms with Gasteiger partial charge >= 0.3 is 0 Å². The van der Waals surface area contributed by atoms with Crippen LogP contribution in [0.25, 0.3) is 11.1 Å². The van der Waals surface area contributed by atoms with Crippen molar-refractivity contribution in [3.63, 3.8) is 0 Å². The molecule has 3 aromatic rings. The largest absolute Gasteiger partial charge is 0.496 e. The van der Waals surface area contributed by atoms with Crippen LogP contribution in [-0.2, 0) is 6.54 Å². The maximum atomic E-state index is 12.8.